The van der Waals surface area contributed by atoms with Crippen molar-refractivity contribution in [1.82, 2.24) is 14.8 Å². The first-order chi connectivity index (χ1) is 14.5. The Kier molecular flexibility index (Phi) is 7.03. The summed E-state index contributed by atoms with van der Waals surface area (Å²) in [7, 11) is 0. The van der Waals surface area contributed by atoms with Crippen LogP contribution in [0.4, 0.5) is 0 Å². The number of carbonyl (C=O) groups is 1. The van der Waals surface area contributed by atoms with Gasteiger partial charge in [-0.1, -0.05) is 60.3 Å². The van der Waals surface area contributed by atoms with E-state index in [0.29, 0.717) is 11.0 Å². The van der Waals surface area contributed by atoms with Crippen LogP contribution in [0.25, 0.3) is 17.1 Å². The monoisotopic (exact) mass is 422 g/mol. The maximum Gasteiger partial charge on any atom is 0.343 e. The molecule has 0 bridgehead atoms. The van der Waals surface area contributed by atoms with Gasteiger partial charge in [0.05, 0.1) is 12.4 Å². The van der Waals surface area contributed by atoms with Gasteiger partial charge in [-0.05, 0) is 26.0 Å². The number of benzene rings is 2. The van der Waals surface area contributed by atoms with Gasteiger partial charge in [0.25, 0.3) is 0 Å². The molecular weight excluding hydrogens is 400 g/mol. The molecule has 0 amide bonds. The smallest absolute Gasteiger partial charge is 0.343 e. The zero-order valence-electron chi connectivity index (χ0n) is 16.7. The van der Waals surface area contributed by atoms with Gasteiger partial charge in [-0.3, -0.25) is 4.57 Å². The molecule has 0 aliphatic heterocycles. The van der Waals surface area contributed by atoms with E-state index < -0.39 is 5.97 Å². The number of hydrogen-bond donors (Lipinski definition) is 2. The maximum absolute atomic E-state index is 12.1. The summed E-state index contributed by atoms with van der Waals surface area (Å²) < 4.78 is 6.85. The molecule has 0 saturated heterocycles. The zero-order valence-corrected chi connectivity index (χ0v) is 17.5. The van der Waals surface area contributed by atoms with Crippen LogP contribution in [0.3, 0.4) is 0 Å². The number of aliphatic hydroxyl groups excluding tert-OH is 1. The van der Waals surface area contributed by atoms with E-state index in [0.717, 1.165) is 11.3 Å². The SMILES string of the molecule is CCOC(=O)C(C(C)=N)=C(O)CSc1nnc(-c2ccccc2)n1-c1ccccc1. The van der Waals surface area contributed by atoms with Crippen molar-refractivity contribution in [1.29, 1.82) is 5.41 Å². The molecule has 7 nitrogen and oxygen atoms in total. The van der Waals surface area contributed by atoms with Crippen LogP contribution in [-0.4, -0.2) is 43.9 Å². The highest BCUT2D eigenvalue weighted by molar-refractivity contribution is 7.99. The lowest BCUT2D eigenvalue weighted by Crippen LogP contribution is -2.16. The van der Waals surface area contributed by atoms with Crippen molar-refractivity contribution in [2.24, 2.45) is 0 Å². The molecule has 1 heterocycles. The van der Waals surface area contributed by atoms with Gasteiger partial charge >= 0.3 is 5.97 Å². The molecule has 0 spiro atoms. The van der Waals surface area contributed by atoms with E-state index in [9.17, 15) is 9.90 Å². The summed E-state index contributed by atoms with van der Waals surface area (Å²) in [6.45, 7) is 3.28. The molecule has 8 heteroatoms. The molecule has 0 fully saturated rings. The van der Waals surface area contributed by atoms with Crippen LogP contribution in [-0.2, 0) is 9.53 Å². The summed E-state index contributed by atoms with van der Waals surface area (Å²) in [5.74, 6) is -0.224. The highest BCUT2D eigenvalue weighted by Crippen LogP contribution is 2.29. The largest absolute Gasteiger partial charge is 0.510 e. The van der Waals surface area contributed by atoms with Gasteiger partial charge in [-0.15, -0.1) is 10.2 Å². The van der Waals surface area contributed by atoms with Crippen LogP contribution in [0.15, 0.2) is 77.2 Å². The molecule has 0 aliphatic carbocycles. The third-order valence-electron chi connectivity index (χ3n) is 4.16. The Bertz CT molecular complexity index is 1060. The minimum absolute atomic E-state index is 0.0458. The number of hydrogen-bond acceptors (Lipinski definition) is 7. The Morgan fingerprint density at radius 3 is 2.33 bits per heavy atom. The van der Waals surface area contributed by atoms with Gasteiger partial charge in [0.1, 0.15) is 11.3 Å². The van der Waals surface area contributed by atoms with Crippen molar-refractivity contribution in [2.75, 3.05) is 12.4 Å². The number of aliphatic hydroxyl groups is 1. The lowest BCUT2D eigenvalue weighted by molar-refractivity contribution is -0.138. The van der Waals surface area contributed by atoms with Crippen LogP contribution >= 0.6 is 11.8 Å². The topological polar surface area (TPSA) is 101 Å². The Morgan fingerprint density at radius 2 is 1.73 bits per heavy atom. The number of aromatic nitrogens is 3. The molecule has 30 heavy (non-hydrogen) atoms. The van der Waals surface area contributed by atoms with Crippen LogP contribution in [0, 0.1) is 5.41 Å². The Labute approximate surface area is 178 Å². The summed E-state index contributed by atoms with van der Waals surface area (Å²) in [5, 5.41) is 27.5. The standard InChI is InChI=1S/C22H22N4O3S/c1-3-29-21(28)19(15(2)23)18(27)14-30-22-25-24-20(16-10-6-4-7-11-16)26(22)17-12-8-5-9-13-17/h4-13,23,27H,3,14H2,1-2H3. The number of ether oxygens (including phenoxy) is 1. The van der Waals surface area contributed by atoms with Gasteiger partial charge in [0.15, 0.2) is 11.0 Å². The molecule has 1 aromatic heterocycles. The molecule has 2 N–H and O–H groups in total. The number of nitrogens with zero attached hydrogens (tertiary/aromatic N) is 3. The summed E-state index contributed by atoms with van der Waals surface area (Å²) in [4.78, 5) is 12.1. The van der Waals surface area contributed by atoms with Gasteiger partial charge in [0, 0.05) is 17.0 Å². The molecule has 3 rings (SSSR count). The van der Waals surface area contributed by atoms with E-state index >= 15 is 0 Å². The number of rotatable bonds is 8. The van der Waals surface area contributed by atoms with Gasteiger partial charge < -0.3 is 15.3 Å². The number of esters is 1. The Morgan fingerprint density at radius 1 is 1.10 bits per heavy atom. The van der Waals surface area contributed by atoms with Crippen LogP contribution in [0.5, 0.6) is 0 Å². The minimum atomic E-state index is -0.711. The third kappa shape index (κ3) is 4.77. The molecule has 0 atom stereocenters. The average Bonchev–Trinajstić information content (AvgIpc) is 3.17. The molecule has 3 aromatic rings. The lowest BCUT2D eigenvalue weighted by Gasteiger charge is -2.11. The van der Waals surface area contributed by atoms with Crippen molar-refractivity contribution in [3.8, 4) is 17.1 Å². The highest BCUT2D eigenvalue weighted by Gasteiger charge is 2.21. The first-order valence-corrected chi connectivity index (χ1v) is 10.3. The number of nitrogens with one attached hydrogen (secondary N) is 1. The normalized spacial score (nSPS) is 11.7. The zero-order chi connectivity index (χ0) is 21.5. The molecule has 2 aromatic carbocycles. The second kappa shape index (κ2) is 9.89. The van der Waals surface area contributed by atoms with Crippen LogP contribution < -0.4 is 0 Å². The van der Waals surface area contributed by atoms with Crippen LogP contribution in [0.2, 0.25) is 0 Å². The molecule has 0 unspecified atom stereocenters. The van der Waals surface area contributed by atoms with Crippen molar-refractivity contribution in [3.63, 3.8) is 0 Å². The first-order valence-electron chi connectivity index (χ1n) is 9.36. The molecular formula is C22H22N4O3S. The second-order valence-electron chi connectivity index (χ2n) is 6.30. The predicted octanol–water partition coefficient (Wildman–Crippen LogP) is 4.44. The van der Waals surface area contributed by atoms with E-state index in [1.54, 1.807) is 6.92 Å². The van der Waals surface area contributed by atoms with Gasteiger partial charge in [-0.25, -0.2) is 4.79 Å². The van der Waals surface area contributed by atoms with Crippen molar-refractivity contribution >= 4 is 23.4 Å². The second-order valence-corrected chi connectivity index (χ2v) is 7.24. The van der Waals surface area contributed by atoms with Crippen molar-refractivity contribution in [2.45, 2.75) is 19.0 Å². The average molecular weight is 423 g/mol. The number of thioether (sulfide) groups is 1. The summed E-state index contributed by atoms with van der Waals surface area (Å²) in [6.07, 6.45) is 0. The summed E-state index contributed by atoms with van der Waals surface area (Å²) >= 11 is 1.22. The molecule has 0 saturated carbocycles. The predicted molar refractivity (Wildman–Crippen MR) is 117 cm³/mol. The van der Waals surface area contributed by atoms with Crippen LogP contribution in [0.1, 0.15) is 13.8 Å². The summed E-state index contributed by atoms with van der Waals surface area (Å²) in [5.41, 5.74) is 1.60. The Balaban J connectivity index is 1.97. The molecule has 0 radical (unpaired) electrons. The number of carbonyl (C=O) groups excluding carboxylic acids is 1. The molecule has 0 aliphatic rings. The number of para-hydroxylation sites is 1. The van der Waals surface area contributed by atoms with E-state index in [1.165, 1.54) is 18.7 Å². The minimum Gasteiger partial charge on any atom is -0.510 e. The lowest BCUT2D eigenvalue weighted by atomic mass is 10.1. The van der Waals surface area contributed by atoms with E-state index in [-0.39, 0.29) is 29.4 Å². The fourth-order valence-electron chi connectivity index (χ4n) is 2.84. The molecule has 154 valence electrons. The fraction of sp³-hybridized carbons (Fsp3) is 0.182. The highest BCUT2D eigenvalue weighted by atomic mass is 32.2. The van der Waals surface area contributed by atoms with E-state index in [4.69, 9.17) is 10.1 Å². The summed E-state index contributed by atoms with van der Waals surface area (Å²) in [6, 6.07) is 19.4. The van der Waals surface area contributed by atoms with E-state index in [1.807, 2.05) is 65.2 Å². The van der Waals surface area contributed by atoms with Crippen molar-refractivity contribution in [3.05, 3.63) is 72.0 Å². The maximum atomic E-state index is 12.1. The third-order valence-corrected chi connectivity index (χ3v) is 5.10. The quantitative estimate of drug-likeness (QED) is 0.183. The van der Waals surface area contributed by atoms with Gasteiger partial charge in [-0.2, -0.15) is 0 Å². The Hall–Kier alpha value is -3.39. The van der Waals surface area contributed by atoms with E-state index in [2.05, 4.69) is 10.2 Å². The fourth-order valence-corrected chi connectivity index (χ4v) is 3.67. The van der Waals surface area contributed by atoms with Gasteiger partial charge in [0.2, 0.25) is 0 Å². The first kappa shape index (κ1) is 21.3. The van der Waals surface area contributed by atoms with Crippen molar-refractivity contribution < 1.29 is 14.6 Å².